The van der Waals surface area contributed by atoms with E-state index in [2.05, 4.69) is 15.3 Å². The molecule has 0 aromatic carbocycles. The maximum absolute atomic E-state index is 13.6. The molecule has 1 aliphatic rings. The average molecular weight is 393 g/mol. The van der Waals surface area contributed by atoms with E-state index in [1.54, 1.807) is 0 Å². The Labute approximate surface area is 153 Å². The second kappa shape index (κ2) is 7.36. The fourth-order valence-electron chi connectivity index (χ4n) is 3.06. The van der Waals surface area contributed by atoms with Crippen LogP contribution >= 0.6 is 11.6 Å². The minimum Gasteiger partial charge on any atom is -0.469 e. The van der Waals surface area contributed by atoms with Gasteiger partial charge in [-0.05, 0) is 31.9 Å². The lowest BCUT2D eigenvalue weighted by Crippen LogP contribution is -2.45. The number of hydrogen-bond acceptors (Lipinski definition) is 7. The maximum atomic E-state index is 13.6. The van der Waals surface area contributed by atoms with Crippen LogP contribution in [0.3, 0.4) is 0 Å². The Morgan fingerprint density at radius 3 is 2.73 bits per heavy atom. The number of ether oxygens (including phenoxy) is 1. The minimum absolute atomic E-state index is 0.152. The van der Waals surface area contributed by atoms with Crippen molar-refractivity contribution in [1.29, 1.82) is 0 Å². The number of alkyl halides is 2. The third-order valence-corrected chi connectivity index (χ3v) is 4.66. The van der Waals surface area contributed by atoms with Crippen LogP contribution in [0.1, 0.15) is 44.8 Å². The van der Waals surface area contributed by atoms with E-state index in [1.807, 2.05) is 0 Å². The van der Waals surface area contributed by atoms with Crippen LogP contribution in [0, 0.1) is 15.5 Å². The molecule has 0 aliphatic heterocycles. The molecule has 0 amide bonds. The molecule has 8 nitrogen and oxygen atoms in total. The van der Waals surface area contributed by atoms with Crippen LogP contribution in [-0.4, -0.2) is 39.9 Å². The summed E-state index contributed by atoms with van der Waals surface area (Å²) in [5, 5.41) is 14.0. The van der Waals surface area contributed by atoms with E-state index in [9.17, 15) is 23.7 Å². The number of nitro groups is 1. The lowest BCUT2D eigenvalue weighted by atomic mass is 9.81. The SMILES string of the molecule is COC(=O)C(C)(C)C(NC1CCC(F)(F)C1)c1nc(Cl)ncc1[N+](=O)[O-]. The summed E-state index contributed by atoms with van der Waals surface area (Å²) in [6, 6.07) is -1.72. The number of nitrogens with one attached hydrogen (secondary N) is 1. The van der Waals surface area contributed by atoms with Crippen molar-refractivity contribution >= 4 is 23.3 Å². The van der Waals surface area contributed by atoms with Crippen molar-refractivity contribution in [3.63, 3.8) is 0 Å². The van der Waals surface area contributed by atoms with Crippen LogP contribution in [0.5, 0.6) is 0 Å². The smallest absolute Gasteiger partial charge is 0.313 e. The molecule has 1 aliphatic carbocycles. The first-order chi connectivity index (χ1) is 12.0. The molecule has 1 heterocycles. The zero-order valence-corrected chi connectivity index (χ0v) is 15.2. The summed E-state index contributed by atoms with van der Waals surface area (Å²) in [5.74, 6) is -3.50. The van der Waals surface area contributed by atoms with Gasteiger partial charge in [0.05, 0.1) is 23.5 Å². The zero-order valence-electron chi connectivity index (χ0n) is 14.5. The maximum Gasteiger partial charge on any atom is 0.313 e. The van der Waals surface area contributed by atoms with Gasteiger partial charge in [0.15, 0.2) is 0 Å². The van der Waals surface area contributed by atoms with Gasteiger partial charge in [0, 0.05) is 18.9 Å². The van der Waals surface area contributed by atoms with E-state index in [4.69, 9.17) is 16.3 Å². The fraction of sp³-hybridized carbons (Fsp3) is 0.667. The second-order valence-corrected chi connectivity index (χ2v) is 7.11. The number of esters is 1. The van der Waals surface area contributed by atoms with E-state index in [0.717, 1.165) is 6.20 Å². The highest BCUT2D eigenvalue weighted by molar-refractivity contribution is 6.28. The summed E-state index contributed by atoms with van der Waals surface area (Å²) < 4.78 is 31.9. The van der Waals surface area contributed by atoms with E-state index in [-0.39, 0.29) is 23.8 Å². The lowest BCUT2D eigenvalue weighted by molar-refractivity contribution is -0.386. The molecule has 11 heteroatoms. The van der Waals surface area contributed by atoms with E-state index >= 15 is 0 Å². The Morgan fingerprint density at radius 1 is 1.58 bits per heavy atom. The number of carbonyl (C=O) groups is 1. The third-order valence-electron chi connectivity index (χ3n) is 4.48. The van der Waals surface area contributed by atoms with Crippen LogP contribution in [0.15, 0.2) is 6.20 Å². The molecule has 2 atom stereocenters. The molecule has 0 spiro atoms. The molecule has 1 fully saturated rings. The second-order valence-electron chi connectivity index (χ2n) is 6.78. The predicted octanol–water partition coefficient (Wildman–Crippen LogP) is 3.06. The molecule has 0 bridgehead atoms. The van der Waals surface area contributed by atoms with Gasteiger partial charge in [0.2, 0.25) is 11.2 Å². The van der Waals surface area contributed by atoms with Crippen molar-refractivity contribution in [2.75, 3.05) is 7.11 Å². The summed E-state index contributed by atoms with van der Waals surface area (Å²) in [5.41, 5.74) is -1.95. The van der Waals surface area contributed by atoms with Crippen molar-refractivity contribution in [3.05, 3.63) is 27.3 Å². The Bertz CT molecular complexity index is 717. The van der Waals surface area contributed by atoms with Crippen LogP contribution in [0.25, 0.3) is 0 Å². The normalized spacial score (nSPS) is 20.6. The van der Waals surface area contributed by atoms with Gasteiger partial charge in [-0.25, -0.2) is 18.7 Å². The highest BCUT2D eigenvalue weighted by atomic mass is 35.5. The third kappa shape index (κ3) is 4.24. The minimum atomic E-state index is -2.83. The van der Waals surface area contributed by atoms with Crippen molar-refractivity contribution in [1.82, 2.24) is 15.3 Å². The van der Waals surface area contributed by atoms with Gasteiger partial charge in [-0.1, -0.05) is 0 Å². The summed E-state index contributed by atoms with van der Waals surface area (Å²) in [4.78, 5) is 30.4. The van der Waals surface area contributed by atoms with E-state index in [1.165, 1.54) is 21.0 Å². The molecular formula is C15H19ClF2N4O4. The molecule has 2 rings (SSSR count). The number of methoxy groups -OCH3 is 1. The molecule has 26 heavy (non-hydrogen) atoms. The van der Waals surface area contributed by atoms with Crippen LogP contribution in [0.2, 0.25) is 5.28 Å². The molecule has 0 radical (unpaired) electrons. The highest BCUT2D eigenvalue weighted by Gasteiger charge is 2.47. The first-order valence-electron chi connectivity index (χ1n) is 7.87. The first kappa shape index (κ1) is 20.4. The average Bonchev–Trinajstić information content (AvgIpc) is 2.90. The van der Waals surface area contributed by atoms with E-state index in [0.29, 0.717) is 0 Å². The molecule has 1 aromatic rings. The van der Waals surface area contributed by atoms with Gasteiger partial charge in [0.1, 0.15) is 11.9 Å². The Morgan fingerprint density at radius 2 is 2.23 bits per heavy atom. The Balaban J connectivity index is 2.49. The molecular weight excluding hydrogens is 374 g/mol. The van der Waals surface area contributed by atoms with Gasteiger partial charge < -0.3 is 10.1 Å². The molecule has 1 N–H and O–H groups in total. The van der Waals surface area contributed by atoms with Crippen molar-refractivity contribution < 1.29 is 23.2 Å². The van der Waals surface area contributed by atoms with Gasteiger partial charge in [-0.15, -0.1) is 0 Å². The van der Waals surface area contributed by atoms with Gasteiger partial charge >= 0.3 is 11.7 Å². The largest absolute Gasteiger partial charge is 0.469 e. The van der Waals surface area contributed by atoms with Crippen LogP contribution < -0.4 is 5.32 Å². The standard InChI is InChI=1S/C15H19ClF2N4O4/c1-14(2,12(23)26-3)11(20-8-4-5-15(17,18)6-8)10-9(22(24)25)7-19-13(16)21-10/h7-8,11,20H,4-6H2,1-3H3. The summed E-state index contributed by atoms with van der Waals surface area (Å²) >= 11 is 5.78. The number of carbonyl (C=O) groups excluding carboxylic acids is 1. The first-order valence-corrected chi connectivity index (χ1v) is 8.25. The Kier molecular flexibility index (Phi) is 5.76. The van der Waals surface area contributed by atoms with Crippen molar-refractivity contribution in [3.8, 4) is 0 Å². The number of hydrogen-bond donors (Lipinski definition) is 1. The monoisotopic (exact) mass is 392 g/mol. The summed E-state index contributed by atoms with van der Waals surface area (Å²) in [6.45, 7) is 2.98. The summed E-state index contributed by atoms with van der Waals surface area (Å²) in [6.07, 6.45) is 0.347. The van der Waals surface area contributed by atoms with Gasteiger partial charge in [-0.3, -0.25) is 14.9 Å². The zero-order chi connectivity index (χ0) is 19.7. The topological polar surface area (TPSA) is 107 Å². The predicted molar refractivity (Wildman–Crippen MR) is 88.0 cm³/mol. The van der Waals surface area contributed by atoms with Gasteiger partial charge in [0.25, 0.3) is 0 Å². The highest BCUT2D eigenvalue weighted by Crippen LogP contribution is 2.41. The van der Waals surface area contributed by atoms with E-state index < -0.39 is 46.4 Å². The quantitative estimate of drug-likeness (QED) is 0.343. The van der Waals surface area contributed by atoms with Crippen LogP contribution in [-0.2, 0) is 9.53 Å². The lowest BCUT2D eigenvalue weighted by Gasteiger charge is -2.33. The molecule has 144 valence electrons. The number of halogens is 3. The molecule has 2 unspecified atom stereocenters. The molecule has 1 saturated carbocycles. The number of rotatable bonds is 6. The molecule has 0 saturated heterocycles. The number of nitrogens with zero attached hydrogens (tertiary/aromatic N) is 3. The summed E-state index contributed by atoms with van der Waals surface area (Å²) in [7, 11) is 1.17. The Hall–Kier alpha value is -1.94. The fourth-order valence-corrected chi connectivity index (χ4v) is 3.20. The van der Waals surface area contributed by atoms with Gasteiger partial charge in [-0.2, -0.15) is 0 Å². The molecule has 1 aromatic heterocycles. The van der Waals surface area contributed by atoms with Crippen molar-refractivity contribution in [2.24, 2.45) is 5.41 Å². The van der Waals surface area contributed by atoms with Crippen molar-refractivity contribution in [2.45, 2.75) is 51.1 Å². The number of aromatic nitrogens is 2. The van der Waals surface area contributed by atoms with Crippen LogP contribution in [0.4, 0.5) is 14.5 Å².